The van der Waals surface area contributed by atoms with Crippen molar-refractivity contribution in [3.05, 3.63) is 76.1 Å². The van der Waals surface area contributed by atoms with E-state index in [1.165, 1.54) is 12.1 Å². The van der Waals surface area contributed by atoms with Crippen LogP contribution in [0.5, 0.6) is 0 Å². The Kier molecular flexibility index (Phi) is 3.51. The number of fused-ring (bicyclic) bond motifs is 1. The molecule has 0 saturated carbocycles. The van der Waals surface area contributed by atoms with Crippen molar-refractivity contribution in [2.45, 2.75) is 6.10 Å². The minimum absolute atomic E-state index is 0.327. The highest BCUT2D eigenvalue weighted by atomic mass is 79.9. The summed E-state index contributed by atoms with van der Waals surface area (Å²) < 4.78 is 13.7. The molecule has 0 bridgehead atoms. The van der Waals surface area contributed by atoms with Crippen LogP contribution in [0.4, 0.5) is 4.39 Å². The molecule has 1 heterocycles. The van der Waals surface area contributed by atoms with E-state index in [9.17, 15) is 9.50 Å². The highest BCUT2D eigenvalue weighted by molar-refractivity contribution is 9.10. The lowest BCUT2D eigenvalue weighted by Crippen LogP contribution is -2.04. The molecular weight excluding hydrogens is 321 g/mol. The number of pyridine rings is 1. The Bertz CT molecular complexity index is 758. The van der Waals surface area contributed by atoms with E-state index in [-0.39, 0.29) is 5.82 Å². The third kappa shape index (κ3) is 2.44. The zero-order valence-electron chi connectivity index (χ0n) is 10.4. The van der Waals surface area contributed by atoms with E-state index in [4.69, 9.17) is 0 Å². The number of aromatic nitrogens is 1. The normalized spacial score (nSPS) is 12.6. The Hall–Kier alpha value is -1.78. The van der Waals surface area contributed by atoms with Crippen LogP contribution in [0.15, 0.2) is 59.1 Å². The van der Waals surface area contributed by atoms with Crippen molar-refractivity contribution < 1.29 is 9.50 Å². The van der Waals surface area contributed by atoms with Gasteiger partial charge in [-0.15, -0.1) is 0 Å². The number of rotatable bonds is 2. The second-order valence-corrected chi connectivity index (χ2v) is 5.36. The minimum Gasteiger partial charge on any atom is -0.382 e. The van der Waals surface area contributed by atoms with E-state index in [2.05, 4.69) is 20.9 Å². The lowest BCUT2D eigenvalue weighted by molar-refractivity contribution is 0.215. The predicted octanol–water partition coefficient (Wildman–Crippen LogP) is 4.22. The Morgan fingerprint density at radius 1 is 1.05 bits per heavy atom. The van der Waals surface area contributed by atoms with Gasteiger partial charge in [0.25, 0.3) is 0 Å². The first-order valence-electron chi connectivity index (χ1n) is 6.14. The molecule has 0 aliphatic rings. The van der Waals surface area contributed by atoms with E-state index in [0.29, 0.717) is 11.3 Å². The van der Waals surface area contributed by atoms with Crippen molar-refractivity contribution in [3.8, 4) is 0 Å². The summed E-state index contributed by atoms with van der Waals surface area (Å²) in [6, 6.07) is 15.4. The van der Waals surface area contributed by atoms with Crippen LogP contribution in [0, 0.1) is 5.82 Å². The second kappa shape index (κ2) is 5.31. The quantitative estimate of drug-likeness (QED) is 0.762. The smallest absolute Gasteiger partial charge is 0.123 e. The van der Waals surface area contributed by atoms with Crippen LogP contribution >= 0.6 is 15.9 Å². The van der Waals surface area contributed by atoms with Gasteiger partial charge in [-0.25, -0.2) is 9.37 Å². The largest absolute Gasteiger partial charge is 0.382 e. The maximum atomic E-state index is 12.9. The van der Waals surface area contributed by atoms with Crippen LogP contribution < -0.4 is 0 Å². The fraction of sp³-hybridized carbons (Fsp3) is 0.0625. The van der Waals surface area contributed by atoms with Crippen molar-refractivity contribution in [1.29, 1.82) is 0 Å². The zero-order chi connectivity index (χ0) is 14.1. The SMILES string of the molecule is OC(c1ccc(F)cc1)c1nc2ccccc2cc1Br. The number of hydrogen-bond donors (Lipinski definition) is 1. The Balaban J connectivity index is 2.08. The number of aliphatic hydroxyl groups is 1. The van der Waals surface area contributed by atoms with Crippen molar-refractivity contribution >= 4 is 26.8 Å². The van der Waals surface area contributed by atoms with Gasteiger partial charge in [-0.3, -0.25) is 0 Å². The first-order valence-corrected chi connectivity index (χ1v) is 6.93. The molecule has 0 aliphatic carbocycles. The van der Waals surface area contributed by atoms with Crippen LogP contribution in [0.25, 0.3) is 10.9 Å². The van der Waals surface area contributed by atoms with Crippen LogP contribution in [-0.2, 0) is 0 Å². The number of hydrogen-bond acceptors (Lipinski definition) is 2. The Labute approximate surface area is 124 Å². The van der Waals surface area contributed by atoms with Crippen molar-refractivity contribution in [3.63, 3.8) is 0 Å². The maximum Gasteiger partial charge on any atom is 0.123 e. The Morgan fingerprint density at radius 3 is 2.50 bits per heavy atom. The number of benzene rings is 2. The molecule has 1 atom stereocenters. The summed E-state index contributed by atoms with van der Waals surface area (Å²) in [7, 11) is 0. The monoisotopic (exact) mass is 331 g/mol. The molecule has 0 spiro atoms. The van der Waals surface area contributed by atoms with E-state index >= 15 is 0 Å². The molecule has 0 saturated heterocycles. The molecule has 0 aliphatic heterocycles. The molecule has 0 fully saturated rings. The summed E-state index contributed by atoms with van der Waals surface area (Å²) in [6.07, 6.45) is -0.894. The standard InChI is InChI=1S/C16H11BrFNO/c17-13-9-11-3-1-2-4-14(11)19-15(13)16(20)10-5-7-12(18)8-6-10/h1-9,16,20H. The first-order chi connectivity index (χ1) is 9.65. The predicted molar refractivity (Wildman–Crippen MR) is 79.9 cm³/mol. The van der Waals surface area contributed by atoms with Crippen LogP contribution in [0.1, 0.15) is 17.4 Å². The average Bonchev–Trinajstić information content (AvgIpc) is 2.46. The maximum absolute atomic E-state index is 12.9. The molecule has 0 amide bonds. The molecule has 2 aromatic carbocycles. The number of nitrogens with zero attached hydrogens (tertiary/aromatic N) is 1. The highest BCUT2D eigenvalue weighted by Crippen LogP contribution is 2.29. The Morgan fingerprint density at radius 2 is 1.75 bits per heavy atom. The molecule has 3 rings (SSSR count). The highest BCUT2D eigenvalue weighted by Gasteiger charge is 2.16. The van der Waals surface area contributed by atoms with Gasteiger partial charge >= 0.3 is 0 Å². The topological polar surface area (TPSA) is 33.1 Å². The summed E-state index contributed by atoms with van der Waals surface area (Å²) in [5.41, 5.74) is 1.94. The van der Waals surface area contributed by atoms with Gasteiger partial charge in [0.15, 0.2) is 0 Å². The molecule has 1 aromatic heterocycles. The van der Waals surface area contributed by atoms with Gasteiger partial charge in [-0.2, -0.15) is 0 Å². The van der Waals surface area contributed by atoms with Crippen molar-refractivity contribution in [2.75, 3.05) is 0 Å². The van der Waals surface area contributed by atoms with Gasteiger partial charge in [-0.1, -0.05) is 30.3 Å². The fourth-order valence-corrected chi connectivity index (χ4v) is 2.65. The lowest BCUT2D eigenvalue weighted by Gasteiger charge is -2.13. The first kappa shape index (κ1) is 13.2. The number of halogens is 2. The molecule has 100 valence electrons. The van der Waals surface area contributed by atoms with Gasteiger partial charge in [0, 0.05) is 9.86 Å². The molecular formula is C16H11BrFNO. The van der Waals surface area contributed by atoms with Crippen molar-refractivity contribution in [2.24, 2.45) is 0 Å². The van der Waals surface area contributed by atoms with E-state index < -0.39 is 6.10 Å². The molecule has 1 N–H and O–H groups in total. The minimum atomic E-state index is -0.894. The molecule has 1 unspecified atom stereocenters. The average molecular weight is 332 g/mol. The van der Waals surface area contributed by atoms with E-state index in [0.717, 1.165) is 15.4 Å². The van der Waals surface area contributed by atoms with Crippen LogP contribution in [0.2, 0.25) is 0 Å². The summed E-state index contributed by atoms with van der Waals surface area (Å²) in [4.78, 5) is 4.48. The summed E-state index contributed by atoms with van der Waals surface area (Å²) in [5, 5.41) is 11.4. The molecule has 20 heavy (non-hydrogen) atoms. The summed E-state index contributed by atoms with van der Waals surface area (Å²) in [6.45, 7) is 0. The zero-order valence-corrected chi connectivity index (χ0v) is 12.0. The molecule has 0 radical (unpaired) electrons. The summed E-state index contributed by atoms with van der Waals surface area (Å²) >= 11 is 3.43. The third-order valence-electron chi connectivity index (χ3n) is 3.15. The van der Waals surface area contributed by atoms with Crippen LogP contribution in [0.3, 0.4) is 0 Å². The van der Waals surface area contributed by atoms with Crippen LogP contribution in [-0.4, -0.2) is 10.1 Å². The van der Waals surface area contributed by atoms with E-state index in [1.807, 2.05) is 30.3 Å². The molecule has 4 heteroatoms. The van der Waals surface area contributed by atoms with Gasteiger partial charge in [-0.05, 0) is 45.8 Å². The van der Waals surface area contributed by atoms with Crippen molar-refractivity contribution in [1.82, 2.24) is 4.98 Å². The van der Waals surface area contributed by atoms with Gasteiger partial charge in [0.1, 0.15) is 11.9 Å². The fourth-order valence-electron chi connectivity index (χ4n) is 2.10. The number of aliphatic hydroxyl groups excluding tert-OH is 1. The van der Waals surface area contributed by atoms with E-state index in [1.54, 1.807) is 12.1 Å². The third-order valence-corrected chi connectivity index (χ3v) is 3.78. The second-order valence-electron chi connectivity index (χ2n) is 4.50. The summed E-state index contributed by atoms with van der Waals surface area (Å²) in [5.74, 6) is -0.327. The number of para-hydroxylation sites is 1. The van der Waals surface area contributed by atoms with Gasteiger partial charge in [0.05, 0.1) is 11.2 Å². The lowest BCUT2D eigenvalue weighted by atomic mass is 10.1. The molecule has 2 nitrogen and oxygen atoms in total. The molecule has 3 aromatic rings. The van der Waals surface area contributed by atoms with Gasteiger partial charge in [0.2, 0.25) is 0 Å². The van der Waals surface area contributed by atoms with Gasteiger partial charge < -0.3 is 5.11 Å².